The van der Waals surface area contributed by atoms with Gasteiger partial charge >= 0.3 is 70.8 Å². The fraction of sp³-hybridized carbons (Fsp3) is 0. The molecular weight excluding hydrogens is 271 g/mol. The quantitative estimate of drug-likeness (QED) is 0.619. The predicted molar refractivity (Wildman–Crippen MR) is 40.9 cm³/mol. The SMILES string of the molecule is Brc1cccc[c]1[SnH]. The Bertz CT molecular complexity index is 165. The average molecular weight is 276 g/mol. The molecular formula is C6H5BrSn. The topological polar surface area (TPSA) is 0 Å². The summed E-state index contributed by atoms with van der Waals surface area (Å²) >= 11 is 4.62. The van der Waals surface area contributed by atoms with Crippen LogP contribution in [0.2, 0.25) is 0 Å². The number of hydrogen-bond donors (Lipinski definition) is 0. The predicted octanol–water partition coefficient (Wildman–Crippen LogP) is 0.975. The summed E-state index contributed by atoms with van der Waals surface area (Å²) in [6.07, 6.45) is 0. The molecule has 1 rings (SSSR count). The second-order valence-corrected chi connectivity index (χ2v) is 4.15. The van der Waals surface area contributed by atoms with Crippen molar-refractivity contribution in [2.45, 2.75) is 0 Å². The van der Waals surface area contributed by atoms with Crippen molar-refractivity contribution in [1.29, 1.82) is 0 Å². The van der Waals surface area contributed by atoms with Crippen LogP contribution in [0.5, 0.6) is 0 Å². The van der Waals surface area contributed by atoms with Gasteiger partial charge in [0.25, 0.3) is 0 Å². The molecule has 0 unspecified atom stereocenters. The van der Waals surface area contributed by atoms with Crippen LogP contribution in [0.1, 0.15) is 0 Å². The molecule has 1 aromatic rings. The third kappa shape index (κ3) is 1.49. The number of hydrogen-bond acceptors (Lipinski definition) is 0. The Kier molecular flexibility index (Phi) is 2.38. The summed E-state index contributed by atoms with van der Waals surface area (Å²) in [5.41, 5.74) is 0. The van der Waals surface area contributed by atoms with E-state index in [1.165, 1.54) is 30.6 Å². The first-order valence-electron chi connectivity index (χ1n) is 2.31. The zero-order valence-corrected chi connectivity index (χ0v) is 9.15. The Balaban J connectivity index is 3.13. The Morgan fingerprint density at radius 1 is 1.25 bits per heavy atom. The molecule has 0 bridgehead atoms. The minimum absolute atomic E-state index is 1.19. The average Bonchev–Trinajstić information content (AvgIpc) is 1.77. The number of rotatable bonds is 0. The standard InChI is InChI=1S/C6H4Br.Sn.H/c7-6-4-2-1-3-5-6;;/h1-4H;;. The van der Waals surface area contributed by atoms with Gasteiger partial charge in [0.1, 0.15) is 0 Å². The van der Waals surface area contributed by atoms with Gasteiger partial charge in [-0.1, -0.05) is 0 Å². The summed E-state index contributed by atoms with van der Waals surface area (Å²) in [7, 11) is 0. The van der Waals surface area contributed by atoms with E-state index >= 15 is 0 Å². The van der Waals surface area contributed by atoms with E-state index in [1.807, 2.05) is 6.07 Å². The fourth-order valence-corrected chi connectivity index (χ4v) is 1.35. The molecule has 1 aromatic carbocycles. The van der Waals surface area contributed by atoms with E-state index in [4.69, 9.17) is 0 Å². The minimum atomic E-state index is 1.19. The van der Waals surface area contributed by atoms with E-state index < -0.39 is 0 Å². The summed E-state index contributed by atoms with van der Waals surface area (Å²) in [6.45, 7) is 0. The summed E-state index contributed by atoms with van der Waals surface area (Å²) in [5.74, 6) is 0. The van der Waals surface area contributed by atoms with Gasteiger partial charge in [-0.25, -0.2) is 0 Å². The second-order valence-electron chi connectivity index (χ2n) is 1.52. The maximum absolute atomic E-state index is 3.43. The van der Waals surface area contributed by atoms with Crippen molar-refractivity contribution in [2.24, 2.45) is 0 Å². The number of benzene rings is 1. The molecule has 0 fully saturated rings. The molecule has 0 aliphatic rings. The monoisotopic (exact) mass is 276 g/mol. The van der Waals surface area contributed by atoms with Crippen LogP contribution in [0.15, 0.2) is 28.7 Å². The summed E-state index contributed by atoms with van der Waals surface area (Å²) in [6, 6.07) is 8.29. The van der Waals surface area contributed by atoms with Crippen LogP contribution in [-0.4, -0.2) is 22.5 Å². The molecule has 0 saturated heterocycles. The van der Waals surface area contributed by atoms with Gasteiger partial charge in [0.15, 0.2) is 0 Å². The van der Waals surface area contributed by atoms with E-state index in [1.54, 1.807) is 0 Å². The van der Waals surface area contributed by atoms with Crippen molar-refractivity contribution < 1.29 is 0 Å². The van der Waals surface area contributed by atoms with Crippen LogP contribution in [-0.2, 0) is 0 Å². The molecule has 2 radical (unpaired) electrons. The van der Waals surface area contributed by atoms with E-state index in [0.29, 0.717) is 0 Å². The van der Waals surface area contributed by atoms with Gasteiger partial charge in [-0.05, 0) is 0 Å². The van der Waals surface area contributed by atoms with Gasteiger partial charge < -0.3 is 0 Å². The third-order valence-electron chi connectivity index (χ3n) is 0.905. The number of halogens is 1. The van der Waals surface area contributed by atoms with Gasteiger partial charge in [-0.2, -0.15) is 0 Å². The normalized spacial score (nSPS) is 9.25. The van der Waals surface area contributed by atoms with E-state index in [9.17, 15) is 0 Å². The molecule has 0 spiro atoms. The van der Waals surface area contributed by atoms with Gasteiger partial charge in [0.2, 0.25) is 0 Å². The zero-order valence-electron chi connectivity index (χ0n) is 4.26. The van der Waals surface area contributed by atoms with Crippen LogP contribution < -0.4 is 3.58 Å². The van der Waals surface area contributed by atoms with Crippen molar-refractivity contribution in [3.63, 3.8) is 0 Å². The Morgan fingerprint density at radius 3 is 2.25 bits per heavy atom. The first-order valence-corrected chi connectivity index (χ1v) is 4.75. The molecule has 0 N–H and O–H groups in total. The van der Waals surface area contributed by atoms with Gasteiger partial charge in [0, 0.05) is 0 Å². The molecule has 0 atom stereocenters. The molecule has 2 heteroatoms. The van der Waals surface area contributed by atoms with Crippen LogP contribution in [0.3, 0.4) is 0 Å². The maximum atomic E-state index is 3.43. The molecule has 0 aromatic heterocycles. The van der Waals surface area contributed by atoms with Gasteiger partial charge in [-0.15, -0.1) is 0 Å². The second kappa shape index (κ2) is 2.87. The fourth-order valence-electron chi connectivity index (χ4n) is 0.475. The van der Waals surface area contributed by atoms with Gasteiger partial charge in [0.05, 0.1) is 0 Å². The molecule has 0 aliphatic carbocycles. The van der Waals surface area contributed by atoms with Gasteiger partial charge in [-0.3, -0.25) is 0 Å². The van der Waals surface area contributed by atoms with Crippen LogP contribution in [0, 0.1) is 0 Å². The van der Waals surface area contributed by atoms with Crippen molar-refractivity contribution in [3.8, 4) is 0 Å². The molecule has 0 heterocycles. The molecule has 8 heavy (non-hydrogen) atoms. The van der Waals surface area contributed by atoms with Crippen LogP contribution in [0.4, 0.5) is 0 Å². The molecule has 0 nitrogen and oxygen atoms in total. The molecule has 0 saturated carbocycles. The molecule has 0 amide bonds. The summed E-state index contributed by atoms with van der Waals surface area (Å²) < 4.78 is 2.65. The van der Waals surface area contributed by atoms with Crippen molar-refractivity contribution in [1.82, 2.24) is 0 Å². The molecule has 40 valence electrons. The molecule has 0 aliphatic heterocycles. The van der Waals surface area contributed by atoms with Crippen LogP contribution in [0.25, 0.3) is 0 Å². The Morgan fingerprint density at radius 2 is 1.88 bits per heavy atom. The van der Waals surface area contributed by atoms with Crippen LogP contribution >= 0.6 is 15.9 Å². The Hall–Kier alpha value is 0.499. The zero-order chi connectivity index (χ0) is 5.98. The first kappa shape index (κ1) is 6.62. The summed E-state index contributed by atoms with van der Waals surface area (Å²) in [4.78, 5) is 0. The first-order chi connectivity index (χ1) is 3.80. The van der Waals surface area contributed by atoms with E-state index in [2.05, 4.69) is 34.1 Å². The summed E-state index contributed by atoms with van der Waals surface area (Å²) in [5, 5.41) is 0. The van der Waals surface area contributed by atoms with Crippen molar-refractivity contribution >= 4 is 42.0 Å². The van der Waals surface area contributed by atoms with Crippen molar-refractivity contribution in [3.05, 3.63) is 28.7 Å². The van der Waals surface area contributed by atoms with E-state index in [0.717, 1.165) is 0 Å². The van der Waals surface area contributed by atoms with E-state index in [-0.39, 0.29) is 0 Å². The van der Waals surface area contributed by atoms with Crippen molar-refractivity contribution in [2.75, 3.05) is 0 Å². The third-order valence-corrected chi connectivity index (χ3v) is 4.27. The Labute approximate surface area is 70.5 Å².